The third-order valence-corrected chi connectivity index (χ3v) is 3.83. The lowest BCUT2D eigenvalue weighted by Crippen LogP contribution is -2.52. The molecule has 0 aromatic heterocycles. The molecule has 5 nitrogen and oxygen atoms in total. The van der Waals surface area contributed by atoms with E-state index in [9.17, 15) is 9.59 Å². The zero-order valence-electron chi connectivity index (χ0n) is 11.4. The SMILES string of the molecule is O=C(Nc1ccccc1)N1CCN(C(=O)C2CC2)CC1. The lowest BCUT2D eigenvalue weighted by molar-refractivity contribution is -0.133. The number of amides is 3. The number of nitrogens with one attached hydrogen (secondary N) is 1. The molecule has 1 saturated carbocycles. The van der Waals surface area contributed by atoms with Crippen molar-refractivity contribution >= 4 is 17.6 Å². The number of anilines is 1. The van der Waals surface area contributed by atoms with Gasteiger partial charge in [0.25, 0.3) is 0 Å². The fourth-order valence-electron chi connectivity index (χ4n) is 2.44. The number of carbonyl (C=O) groups excluding carboxylic acids is 2. The Balaban J connectivity index is 1.50. The highest BCUT2D eigenvalue weighted by atomic mass is 16.2. The number of piperazine rings is 1. The lowest BCUT2D eigenvalue weighted by Gasteiger charge is -2.34. The first-order valence-corrected chi connectivity index (χ1v) is 7.14. The highest BCUT2D eigenvalue weighted by Crippen LogP contribution is 2.31. The predicted octanol–water partition coefficient (Wildman–Crippen LogP) is 1.77. The van der Waals surface area contributed by atoms with Crippen molar-refractivity contribution in [3.8, 4) is 0 Å². The number of carbonyl (C=O) groups is 2. The molecule has 1 aromatic rings. The quantitative estimate of drug-likeness (QED) is 0.893. The van der Waals surface area contributed by atoms with Crippen molar-refractivity contribution in [2.24, 2.45) is 5.92 Å². The van der Waals surface area contributed by atoms with E-state index in [1.807, 2.05) is 35.2 Å². The number of nitrogens with zero attached hydrogens (tertiary/aromatic N) is 2. The predicted molar refractivity (Wildman–Crippen MR) is 76.3 cm³/mol. The summed E-state index contributed by atoms with van der Waals surface area (Å²) in [6.07, 6.45) is 2.07. The van der Waals surface area contributed by atoms with Gasteiger partial charge in [0, 0.05) is 37.8 Å². The molecule has 1 aliphatic heterocycles. The third kappa shape index (κ3) is 2.92. The lowest BCUT2D eigenvalue weighted by atomic mass is 10.2. The maximum Gasteiger partial charge on any atom is 0.321 e. The Labute approximate surface area is 118 Å². The minimum Gasteiger partial charge on any atom is -0.339 e. The normalized spacial score (nSPS) is 18.8. The maximum atomic E-state index is 12.1. The summed E-state index contributed by atoms with van der Waals surface area (Å²) in [6.45, 7) is 2.52. The van der Waals surface area contributed by atoms with Gasteiger partial charge in [-0.3, -0.25) is 4.79 Å². The summed E-state index contributed by atoms with van der Waals surface area (Å²) >= 11 is 0. The molecule has 1 aromatic carbocycles. The molecule has 1 heterocycles. The molecule has 20 heavy (non-hydrogen) atoms. The molecule has 1 N–H and O–H groups in total. The second-order valence-electron chi connectivity index (χ2n) is 5.38. The fourth-order valence-corrected chi connectivity index (χ4v) is 2.44. The highest BCUT2D eigenvalue weighted by molar-refractivity contribution is 5.89. The van der Waals surface area contributed by atoms with Crippen LogP contribution in [0, 0.1) is 5.92 Å². The summed E-state index contributed by atoms with van der Waals surface area (Å²) in [7, 11) is 0. The van der Waals surface area contributed by atoms with E-state index in [0.29, 0.717) is 26.2 Å². The first-order chi connectivity index (χ1) is 9.74. The van der Waals surface area contributed by atoms with Crippen LogP contribution in [0.15, 0.2) is 30.3 Å². The average molecular weight is 273 g/mol. The number of para-hydroxylation sites is 1. The Morgan fingerprint density at radius 2 is 1.55 bits per heavy atom. The first-order valence-electron chi connectivity index (χ1n) is 7.14. The van der Waals surface area contributed by atoms with Gasteiger partial charge in [0.1, 0.15) is 0 Å². The molecule has 3 rings (SSSR count). The van der Waals surface area contributed by atoms with E-state index >= 15 is 0 Å². The third-order valence-electron chi connectivity index (χ3n) is 3.83. The second kappa shape index (κ2) is 5.53. The minimum atomic E-state index is -0.0882. The van der Waals surface area contributed by atoms with Crippen LogP contribution in [0.5, 0.6) is 0 Å². The van der Waals surface area contributed by atoms with Gasteiger partial charge in [-0.2, -0.15) is 0 Å². The Morgan fingerprint density at radius 3 is 2.15 bits per heavy atom. The van der Waals surface area contributed by atoms with Crippen molar-refractivity contribution in [1.29, 1.82) is 0 Å². The maximum absolute atomic E-state index is 12.1. The molecule has 0 radical (unpaired) electrons. The standard InChI is InChI=1S/C15H19N3O2/c19-14(12-6-7-12)17-8-10-18(11-9-17)15(20)16-13-4-2-1-3-5-13/h1-5,12H,6-11H2,(H,16,20). The van der Waals surface area contributed by atoms with Gasteiger partial charge < -0.3 is 15.1 Å². The van der Waals surface area contributed by atoms with Gasteiger partial charge in [-0.15, -0.1) is 0 Å². The van der Waals surface area contributed by atoms with Gasteiger partial charge in [0.2, 0.25) is 5.91 Å². The zero-order chi connectivity index (χ0) is 13.9. The van der Waals surface area contributed by atoms with Crippen molar-refractivity contribution in [2.45, 2.75) is 12.8 Å². The van der Waals surface area contributed by atoms with Crippen LogP contribution in [0.4, 0.5) is 10.5 Å². The van der Waals surface area contributed by atoms with Crippen LogP contribution in [0.2, 0.25) is 0 Å². The van der Waals surface area contributed by atoms with E-state index in [-0.39, 0.29) is 17.9 Å². The summed E-state index contributed by atoms with van der Waals surface area (Å²) in [5.74, 6) is 0.535. The topological polar surface area (TPSA) is 52.7 Å². The zero-order valence-corrected chi connectivity index (χ0v) is 11.4. The molecule has 1 saturated heterocycles. The average Bonchev–Trinajstić information content (AvgIpc) is 3.32. The van der Waals surface area contributed by atoms with E-state index in [4.69, 9.17) is 0 Å². The van der Waals surface area contributed by atoms with Crippen LogP contribution in [0.25, 0.3) is 0 Å². The van der Waals surface area contributed by atoms with Gasteiger partial charge in [-0.1, -0.05) is 18.2 Å². The van der Waals surface area contributed by atoms with Crippen molar-refractivity contribution in [3.63, 3.8) is 0 Å². The fraction of sp³-hybridized carbons (Fsp3) is 0.467. The molecule has 3 amide bonds. The summed E-state index contributed by atoms with van der Waals surface area (Å²) in [4.78, 5) is 27.7. The van der Waals surface area contributed by atoms with Gasteiger partial charge in [-0.25, -0.2) is 4.79 Å². The highest BCUT2D eigenvalue weighted by Gasteiger charge is 2.35. The van der Waals surface area contributed by atoms with Crippen LogP contribution in [-0.4, -0.2) is 47.9 Å². The smallest absolute Gasteiger partial charge is 0.321 e. The summed E-state index contributed by atoms with van der Waals surface area (Å²) < 4.78 is 0. The minimum absolute atomic E-state index is 0.0882. The van der Waals surface area contributed by atoms with Gasteiger partial charge in [0.05, 0.1) is 0 Å². The Bertz CT molecular complexity index is 491. The Hall–Kier alpha value is -2.04. The van der Waals surface area contributed by atoms with Crippen molar-refractivity contribution in [3.05, 3.63) is 30.3 Å². The molecule has 1 aliphatic carbocycles. The number of hydrogen-bond donors (Lipinski definition) is 1. The van der Waals surface area contributed by atoms with E-state index in [0.717, 1.165) is 18.5 Å². The van der Waals surface area contributed by atoms with Gasteiger partial charge in [-0.05, 0) is 25.0 Å². The number of urea groups is 1. The molecule has 5 heteroatoms. The van der Waals surface area contributed by atoms with Crippen LogP contribution in [0.3, 0.4) is 0 Å². The summed E-state index contributed by atoms with van der Waals surface area (Å²) in [5, 5.41) is 2.87. The van der Waals surface area contributed by atoms with Gasteiger partial charge >= 0.3 is 6.03 Å². The van der Waals surface area contributed by atoms with E-state index in [2.05, 4.69) is 5.32 Å². The van der Waals surface area contributed by atoms with E-state index < -0.39 is 0 Å². The molecule has 0 bridgehead atoms. The first kappa shape index (κ1) is 13.0. The Morgan fingerprint density at radius 1 is 0.950 bits per heavy atom. The number of hydrogen-bond acceptors (Lipinski definition) is 2. The van der Waals surface area contributed by atoms with Crippen molar-refractivity contribution in [1.82, 2.24) is 9.80 Å². The molecule has 0 spiro atoms. The Kier molecular flexibility index (Phi) is 3.58. The van der Waals surface area contributed by atoms with E-state index in [1.54, 1.807) is 4.90 Å². The largest absolute Gasteiger partial charge is 0.339 e. The van der Waals surface area contributed by atoms with Crippen molar-refractivity contribution in [2.75, 3.05) is 31.5 Å². The molecule has 2 aliphatic rings. The monoisotopic (exact) mass is 273 g/mol. The van der Waals surface area contributed by atoms with Crippen LogP contribution in [0.1, 0.15) is 12.8 Å². The molecular weight excluding hydrogens is 254 g/mol. The van der Waals surface area contributed by atoms with E-state index in [1.165, 1.54) is 0 Å². The summed E-state index contributed by atoms with van der Waals surface area (Å²) in [6, 6.07) is 9.34. The molecule has 0 unspecified atom stereocenters. The molecule has 2 fully saturated rings. The molecule has 0 atom stereocenters. The molecule has 106 valence electrons. The van der Waals surface area contributed by atoms with Crippen LogP contribution >= 0.6 is 0 Å². The van der Waals surface area contributed by atoms with Crippen LogP contribution in [-0.2, 0) is 4.79 Å². The van der Waals surface area contributed by atoms with Gasteiger partial charge in [0.15, 0.2) is 0 Å². The van der Waals surface area contributed by atoms with Crippen molar-refractivity contribution < 1.29 is 9.59 Å². The second-order valence-corrected chi connectivity index (χ2v) is 5.38. The summed E-state index contributed by atoms with van der Waals surface area (Å²) in [5.41, 5.74) is 0.800. The molecular formula is C15H19N3O2. The number of benzene rings is 1. The number of rotatable bonds is 2. The van der Waals surface area contributed by atoms with Crippen LogP contribution < -0.4 is 5.32 Å².